The minimum absolute atomic E-state index is 0.194. The average molecular weight is 477 g/mol. The third-order valence-electron chi connectivity index (χ3n) is 7.33. The Labute approximate surface area is 205 Å². The molecule has 2 aromatic carbocycles. The van der Waals surface area contributed by atoms with Crippen LogP contribution in [-0.4, -0.2) is 58.7 Å². The molecule has 3 atom stereocenters. The van der Waals surface area contributed by atoms with Crippen LogP contribution < -0.4 is 15.4 Å². The molecule has 0 bridgehead atoms. The largest absolute Gasteiger partial charge is 0.489 e. The molecule has 35 heavy (non-hydrogen) atoms. The van der Waals surface area contributed by atoms with E-state index < -0.39 is 11.9 Å². The van der Waals surface area contributed by atoms with Crippen LogP contribution in [0.3, 0.4) is 0 Å². The maximum Gasteiger partial charge on any atom is 0.255 e. The number of piperazine rings is 1. The lowest BCUT2D eigenvalue weighted by molar-refractivity contribution is -0.136. The van der Waals surface area contributed by atoms with Gasteiger partial charge in [0.2, 0.25) is 11.8 Å². The van der Waals surface area contributed by atoms with E-state index >= 15 is 0 Å². The second-order valence-corrected chi connectivity index (χ2v) is 9.82. The minimum atomic E-state index is -0.630. The highest BCUT2D eigenvalue weighted by Gasteiger charge is 2.40. The van der Waals surface area contributed by atoms with Gasteiger partial charge in [0.05, 0.1) is 6.54 Å². The maximum atomic E-state index is 13.0. The SMILES string of the molecule is CC1CNC[C@H](C)N1Cc1ccc(COc2cccc3c2CN(C2CCC(=O)NC2=O)C3=O)cc1. The van der Waals surface area contributed by atoms with E-state index in [0.29, 0.717) is 43.0 Å². The molecule has 3 amide bonds. The highest BCUT2D eigenvalue weighted by atomic mass is 16.5. The molecule has 2 N–H and O–H groups in total. The summed E-state index contributed by atoms with van der Waals surface area (Å²) in [5, 5.41) is 5.81. The summed E-state index contributed by atoms with van der Waals surface area (Å²) >= 11 is 0. The first-order valence-electron chi connectivity index (χ1n) is 12.3. The quantitative estimate of drug-likeness (QED) is 0.622. The van der Waals surface area contributed by atoms with Crippen LogP contribution in [0.4, 0.5) is 0 Å². The first kappa shape index (κ1) is 23.5. The molecule has 0 spiro atoms. The van der Waals surface area contributed by atoms with Crippen LogP contribution in [0.2, 0.25) is 0 Å². The minimum Gasteiger partial charge on any atom is -0.489 e. The van der Waals surface area contributed by atoms with Gasteiger partial charge in [-0.25, -0.2) is 0 Å². The number of hydrogen-bond donors (Lipinski definition) is 2. The topological polar surface area (TPSA) is 91.0 Å². The number of piperidine rings is 1. The number of nitrogens with one attached hydrogen (secondary N) is 2. The van der Waals surface area contributed by atoms with Gasteiger partial charge >= 0.3 is 0 Å². The first-order valence-corrected chi connectivity index (χ1v) is 12.3. The molecule has 0 aliphatic carbocycles. The number of rotatable bonds is 6. The smallest absolute Gasteiger partial charge is 0.255 e. The predicted molar refractivity (Wildman–Crippen MR) is 131 cm³/mol. The van der Waals surface area contributed by atoms with Gasteiger partial charge in [0.25, 0.3) is 5.91 Å². The molecule has 8 nitrogen and oxygen atoms in total. The van der Waals surface area contributed by atoms with Crippen LogP contribution in [0.25, 0.3) is 0 Å². The lowest BCUT2D eigenvalue weighted by Crippen LogP contribution is -2.54. The van der Waals surface area contributed by atoms with Crippen LogP contribution in [-0.2, 0) is 29.3 Å². The van der Waals surface area contributed by atoms with Gasteiger partial charge in [-0.05, 0) is 43.5 Å². The lowest BCUT2D eigenvalue weighted by atomic mass is 10.0. The van der Waals surface area contributed by atoms with E-state index in [-0.39, 0.29) is 18.2 Å². The summed E-state index contributed by atoms with van der Waals surface area (Å²) in [5.41, 5.74) is 3.68. The Morgan fingerprint density at radius 1 is 0.971 bits per heavy atom. The van der Waals surface area contributed by atoms with Crippen LogP contribution >= 0.6 is 0 Å². The Hall–Kier alpha value is -3.23. The number of benzene rings is 2. The molecule has 0 saturated carbocycles. The number of carbonyl (C=O) groups excluding carboxylic acids is 3. The van der Waals surface area contributed by atoms with Gasteiger partial charge < -0.3 is 15.0 Å². The van der Waals surface area contributed by atoms with Gasteiger partial charge in [-0.3, -0.25) is 24.6 Å². The zero-order valence-electron chi connectivity index (χ0n) is 20.3. The summed E-state index contributed by atoms with van der Waals surface area (Å²) in [6.07, 6.45) is 0.584. The Morgan fingerprint density at radius 3 is 2.40 bits per heavy atom. The van der Waals surface area contributed by atoms with Gasteiger partial charge in [-0.2, -0.15) is 0 Å². The summed E-state index contributed by atoms with van der Waals surface area (Å²) < 4.78 is 6.13. The molecule has 5 rings (SSSR count). The molecular formula is C27H32N4O4. The fourth-order valence-corrected chi connectivity index (χ4v) is 5.29. The summed E-state index contributed by atoms with van der Waals surface area (Å²) in [5.74, 6) is -0.240. The fourth-order valence-electron chi connectivity index (χ4n) is 5.29. The zero-order valence-corrected chi connectivity index (χ0v) is 20.3. The van der Waals surface area contributed by atoms with Crippen molar-refractivity contribution >= 4 is 17.7 Å². The van der Waals surface area contributed by atoms with E-state index in [4.69, 9.17) is 4.74 Å². The molecule has 2 fully saturated rings. The van der Waals surface area contributed by atoms with Gasteiger partial charge in [0.1, 0.15) is 18.4 Å². The van der Waals surface area contributed by atoms with Crippen molar-refractivity contribution in [2.24, 2.45) is 0 Å². The van der Waals surface area contributed by atoms with E-state index in [1.165, 1.54) is 5.56 Å². The van der Waals surface area contributed by atoms with Gasteiger partial charge in [-0.15, -0.1) is 0 Å². The van der Waals surface area contributed by atoms with Crippen LogP contribution in [0.5, 0.6) is 5.75 Å². The normalized spacial score (nSPS) is 24.9. The molecule has 184 valence electrons. The average Bonchev–Trinajstić information content (AvgIpc) is 3.18. The Kier molecular flexibility index (Phi) is 6.58. The van der Waals surface area contributed by atoms with Crippen molar-refractivity contribution in [3.8, 4) is 5.75 Å². The van der Waals surface area contributed by atoms with Crippen molar-refractivity contribution < 1.29 is 19.1 Å². The molecule has 0 radical (unpaired) electrons. The molecule has 8 heteroatoms. The summed E-state index contributed by atoms with van der Waals surface area (Å²) in [4.78, 5) is 40.9. The monoisotopic (exact) mass is 476 g/mol. The van der Waals surface area contributed by atoms with Crippen LogP contribution in [0.1, 0.15) is 53.7 Å². The third kappa shape index (κ3) is 4.81. The van der Waals surface area contributed by atoms with Crippen molar-refractivity contribution in [3.05, 3.63) is 64.7 Å². The highest BCUT2D eigenvalue weighted by Crippen LogP contribution is 2.34. The predicted octanol–water partition coefficient (Wildman–Crippen LogP) is 2.21. The number of ether oxygens (including phenoxy) is 1. The molecule has 3 aliphatic rings. The van der Waals surface area contributed by atoms with Crippen LogP contribution in [0, 0.1) is 0 Å². The van der Waals surface area contributed by atoms with Crippen LogP contribution in [0.15, 0.2) is 42.5 Å². The van der Waals surface area contributed by atoms with Crippen molar-refractivity contribution in [1.29, 1.82) is 0 Å². The molecular weight excluding hydrogens is 444 g/mol. The second kappa shape index (κ2) is 9.79. The van der Waals surface area contributed by atoms with E-state index in [1.54, 1.807) is 17.0 Å². The Morgan fingerprint density at radius 2 is 1.69 bits per heavy atom. The zero-order chi connectivity index (χ0) is 24.5. The third-order valence-corrected chi connectivity index (χ3v) is 7.33. The van der Waals surface area contributed by atoms with Gasteiger partial charge in [0.15, 0.2) is 0 Å². The van der Waals surface area contributed by atoms with E-state index in [9.17, 15) is 14.4 Å². The maximum absolute atomic E-state index is 13.0. The van der Waals surface area contributed by atoms with E-state index in [1.807, 2.05) is 6.07 Å². The fraction of sp³-hybridized carbons (Fsp3) is 0.444. The number of hydrogen-bond acceptors (Lipinski definition) is 6. The standard InChI is InChI=1S/C27H32N4O4/c1-17-12-28-13-18(2)30(17)14-19-6-8-20(9-7-19)16-35-24-5-3-4-21-22(24)15-31(27(21)34)23-10-11-25(32)29-26(23)33/h3-9,17-18,23,28H,10-16H2,1-2H3,(H,29,32,33)/t17-,18?,23?/m0/s1. The molecule has 2 saturated heterocycles. The number of nitrogens with zero attached hydrogens (tertiary/aromatic N) is 2. The highest BCUT2D eigenvalue weighted by molar-refractivity contribution is 6.05. The molecule has 0 aromatic heterocycles. The van der Waals surface area contributed by atoms with Crippen molar-refractivity contribution in [1.82, 2.24) is 20.4 Å². The summed E-state index contributed by atoms with van der Waals surface area (Å²) in [7, 11) is 0. The molecule has 3 aliphatic heterocycles. The Bertz CT molecular complexity index is 1120. The number of fused-ring (bicyclic) bond motifs is 1. The number of carbonyl (C=O) groups is 3. The molecule has 3 heterocycles. The number of amides is 3. The van der Waals surface area contributed by atoms with Gasteiger partial charge in [-0.1, -0.05) is 30.3 Å². The second-order valence-electron chi connectivity index (χ2n) is 9.82. The van der Waals surface area contributed by atoms with Crippen molar-refractivity contribution in [2.75, 3.05) is 13.1 Å². The molecule has 2 aromatic rings. The van der Waals surface area contributed by atoms with Crippen molar-refractivity contribution in [2.45, 2.75) is 64.5 Å². The number of imide groups is 1. The molecule has 2 unspecified atom stereocenters. The first-order chi connectivity index (χ1) is 16.9. The van der Waals surface area contributed by atoms with E-state index in [2.05, 4.69) is 53.6 Å². The van der Waals surface area contributed by atoms with Crippen molar-refractivity contribution in [3.63, 3.8) is 0 Å². The van der Waals surface area contributed by atoms with Gasteiger partial charge in [0, 0.05) is 49.3 Å². The van der Waals surface area contributed by atoms with E-state index in [0.717, 1.165) is 30.8 Å². The lowest BCUT2D eigenvalue weighted by Gasteiger charge is -2.39. The summed E-state index contributed by atoms with van der Waals surface area (Å²) in [6.45, 7) is 8.17. The summed E-state index contributed by atoms with van der Waals surface area (Å²) in [6, 6.07) is 14.3. The Balaban J connectivity index is 1.23.